The van der Waals surface area contributed by atoms with Crippen LogP contribution in [0.3, 0.4) is 0 Å². The van der Waals surface area contributed by atoms with Crippen molar-refractivity contribution in [3.05, 3.63) is 47.5 Å². The Kier molecular flexibility index (Phi) is 6.62. The van der Waals surface area contributed by atoms with Crippen molar-refractivity contribution < 1.29 is 0 Å². The first kappa shape index (κ1) is 15.8. The predicted octanol–water partition coefficient (Wildman–Crippen LogP) is 6.16. The Morgan fingerprint density at radius 3 is 2.21 bits per heavy atom. The summed E-state index contributed by atoms with van der Waals surface area (Å²) in [6, 6.07) is 13.5. The second kappa shape index (κ2) is 7.99. The molecule has 0 saturated heterocycles. The van der Waals surface area contributed by atoms with Gasteiger partial charge >= 0.3 is 0 Å². The molecule has 0 nitrogen and oxygen atoms in total. The molecule has 0 N–H and O–H groups in total. The molecular formula is C19H28. The largest absolute Gasteiger partial charge is 0.0776 e. The zero-order valence-corrected chi connectivity index (χ0v) is 11.7. The Hall–Kier alpha value is -1.30. The highest BCUT2D eigenvalue weighted by molar-refractivity contribution is 5.86. The molecule has 2 aromatic carbocycles. The number of unbranched alkanes of at least 4 members (excludes halogenated alkanes) is 2. The van der Waals surface area contributed by atoms with E-state index >= 15 is 0 Å². The van der Waals surface area contributed by atoms with Crippen LogP contribution in [-0.4, -0.2) is 0 Å². The molecule has 0 aromatic heterocycles. The summed E-state index contributed by atoms with van der Waals surface area (Å²) in [6.07, 6.45) is 7.62. The van der Waals surface area contributed by atoms with Gasteiger partial charge in [0.1, 0.15) is 0 Å². The van der Waals surface area contributed by atoms with Gasteiger partial charge in [-0.1, -0.05) is 70.5 Å². The number of rotatable bonds is 6. The fraction of sp³-hybridized carbons (Fsp3) is 0.474. The quantitative estimate of drug-likeness (QED) is 0.580. The summed E-state index contributed by atoms with van der Waals surface area (Å²) in [7, 11) is 0. The van der Waals surface area contributed by atoms with E-state index in [9.17, 15) is 0 Å². The third-order valence-electron chi connectivity index (χ3n) is 3.72. The van der Waals surface area contributed by atoms with Crippen LogP contribution in [0, 0.1) is 0 Å². The van der Waals surface area contributed by atoms with E-state index in [1.165, 1.54) is 49.3 Å². The highest BCUT2D eigenvalue weighted by Crippen LogP contribution is 2.25. The van der Waals surface area contributed by atoms with Crippen molar-refractivity contribution in [3.63, 3.8) is 0 Å². The smallest absolute Gasteiger partial charge is 0.0149 e. The van der Waals surface area contributed by atoms with Gasteiger partial charge in [-0.3, -0.25) is 0 Å². The highest BCUT2D eigenvalue weighted by Gasteiger charge is 2.06. The fourth-order valence-electron chi connectivity index (χ4n) is 2.63. The molecule has 0 aliphatic carbocycles. The van der Waals surface area contributed by atoms with Gasteiger partial charge in [0.2, 0.25) is 0 Å². The summed E-state index contributed by atoms with van der Waals surface area (Å²) in [5.41, 5.74) is 3.17. The zero-order valence-electron chi connectivity index (χ0n) is 11.7. The molecule has 104 valence electrons. The normalized spacial score (nSPS) is 10.4. The molecule has 0 heteroatoms. The summed E-state index contributed by atoms with van der Waals surface area (Å²) in [4.78, 5) is 0. The van der Waals surface area contributed by atoms with E-state index in [4.69, 9.17) is 0 Å². The Labute approximate surface area is 118 Å². The summed E-state index contributed by atoms with van der Waals surface area (Å²) < 4.78 is 0. The maximum Gasteiger partial charge on any atom is -0.0149 e. The Bertz CT molecular complexity index is 496. The van der Waals surface area contributed by atoms with Crippen molar-refractivity contribution in [1.29, 1.82) is 0 Å². The average Bonchev–Trinajstić information content (AvgIpc) is 2.43. The van der Waals surface area contributed by atoms with Gasteiger partial charge in [-0.15, -0.1) is 0 Å². The summed E-state index contributed by atoms with van der Waals surface area (Å²) in [5.74, 6) is 0. The molecule has 0 unspecified atom stereocenters. The molecule has 0 amide bonds. The van der Waals surface area contributed by atoms with Crippen molar-refractivity contribution in [2.75, 3.05) is 0 Å². The van der Waals surface area contributed by atoms with Crippen LogP contribution in [0.2, 0.25) is 0 Å². The Balaban J connectivity index is 0.00000180. The molecule has 0 bridgehead atoms. The number of hydrogen-bond acceptors (Lipinski definition) is 0. The van der Waals surface area contributed by atoms with Crippen LogP contribution in [0.15, 0.2) is 36.4 Å². The van der Waals surface area contributed by atoms with E-state index < -0.39 is 0 Å². The third-order valence-corrected chi connectivity index (χ3v) is 3.72. The number of aryl methyl sites for hydroxylation is 2. The van der Waals surface area contributed by atoms with E-state index in [0.717, 1.165) is 0 Å². The second-order valence-corrected chi connectivity index (χ2v) is 5.13. The lowest BCUT2D eigenvalue weighted by Gasteiger charge is -2.13. The van der Waals surface area contributed by atoms with E-state index in [2.05, 4.69) is 50.2 Å². The van der Waals surface area contributed by atoms with Gasteiger partial charge in [0.05, 0.1) is 0 Å². The van der Waals surface area contributed by atoms with Crippen molar-refractivity contribution in [2.24, 2.45) is 0 Å². The van der Waals surface area contributed by atoms with Crippen molar-refractivity contribution in [1.82, 2.24) is 0 Å². The molecule has 0 aliphatic heterocycles. The van der Waals surface area contributed by atoms with Crippen molar-refractivity contribution >= 4 is 10.8 Å². The van der Waals surface area contributed by atoms with E-state index in [1.807, 2.05) is 0 Å². The first-order valence-electron chi connectivity index (χ1n) is 7.36. The molecule has 0 saturated carbocycles. The van der Waals surface area contributed by atoms with Gasteiger partial charge in [-0.05, 0) is 47.6 Å². The van der Waals surface area contributed by atoms with Crippen LogP contribution in [0.4, 0.5) is 0 Å². The summed E-state index contributed by atoms with van der Waals surface area (Å²) in [5, 5.41) is 2.86. The van der Waals surface area contributed by atoms with Gasteiger partial charge in [0.15, 0.2) is 0 Å². The molecular weight excluding hydrogens is 228 g/mol. The molecule has 0 aliphatic rings. The van der Waals surface area contributed by atoms with Gasteiger partial charge in [-0.2, -0.15) is 0 Å². The molecule has 2 aromatic rings. The third kappa shape index (κ3) is 3.83. The second-order valence-electron chi connectivity index (χ2n) is 5.13. The standard InChI is InChI=1S/C18H24.CH4/c1-3-5-9-15-13-14-16-10-7-8-12-18(16)17(15)11-6-4-2;/h7-8,10,12-14H,3-6,9,11H2,1-2H3;1H4. The van der Waals surface area contributed by atoms with Gasteiger partial charge in [0, 0.05) is 0 Å². The Morgan fingerprint density at radius 1 is 0.789 bits per heavy atom. The molecule has 0 heterocycles. The number of benzene rings is 2. The topological polar surface area (TPSA) is 0 Å². The molecule has 0 spiro atoms. The molecule has 0 radical (unpaired) electrons. The highest BCUT2D eigenvalue weighted by atomic mass is 14.1. The monoisotopic (exact) mass is 256 g/mol. The predicted molar refractivity (Wildman–Crippen MR) is 87.9 cm³/mol. The van der Waals surface area contributed by atoms with Crippen LogP contribution < -0.4 is 0 Å². The first-order chi connectivity index (χ1) is 8.86. The van der Waals surface area contributed by atoms with Crippen LogP contribution in [-0.2, 0) is 12.8 Å². The van der Waals surface area contributed by atoms with Crippen molar-refractivity contribution in [3.8, 4) is 0 Å². The summed E-state index contributed by atoms with van der Waals surface area (Å²) >= 11 is 0. The molecule has 19 heavy (non-hydrogen) atoms. The van der Waals surface area contributed by atoms with E-state index in [1.54, 1.807) is 11.1 Å². The van der Waals surface area contributed by atoms with Gasteiger partial charge in [0.25, 0.3) is 0 Å². The SMILES string of the molecule is C.CCCCc1ccc2ccccc2c1CCCC. The minimum absolute atomic E-state index is 0. The van der Waals surface area contributed by atoms with Gasteiger partial charge < -0.3 is 0 Å². The molecule has 0 fully saturated rings. The number of fused-ring (bicyclic) bond motifs is 1. The zero-order chi connectivity index (χ0) is 12.8. The molecule has 0 atom stereocenters. The maximum absolute atomic E-state index is 2.35. The maximum atomic E-state index is 2.35. The lowest BCUT2D eigenvalue weighted by Crippen LogP contribution is -1.96. The minimum atomic E-state index is 0. The minimum Gasteiger partial charge on any atom is -0.0776 e. The van der Waals surface area contributed by atoms with Crippen molar-refractivity contribution in [2.45, 2.75) is 59.8 Å². The van der Waals surface area contributed by atoms with Crippen LogP contribution in [0.1, 0.15) is 58.1 Å². The Morgan fingerprint density at radius 2 is 1.47 bits per heavy atom. The average molecular weight is 256 g/mol. The molecule has 2 rings (SSSR count). The van der Waals surface area contributed by atoms with Crippen LogP contribution in [0.25, 0.3) is 10.8 Å². The first-order valence-corrected chi connectivity index (χ1v) is 7.36. The summed E-state index contributed by atoms with van der Waals surface area (Å²) in [6.45, 7) is 4.55. The fourth-order valence-corrected chi connectivity index (χ4v) is 2.63. The van der Waals surface area contributed by atoms with Gasteiger partial charge in [-0.25, -0.2) is 0 Å². The van der Waals surface area contributed by atoms with Crippen LogP contribution >= 0.6 is 0 Å². The lowest BCUT2D eigenvalue weighted by atomic mass is 9.92. The van der Waals surface area contributed by atoms with Crippen LogP contribution in [0.5, 0.6) is 0 Å². The van der Waals surface area contributed by atoms with E-state index in [-0.39, 0.29) is 7.43 Å². The van der Waals surface area contributed by atoms with E-state index in [0.29, 0.717) is 0 Å². The lowest BCUT2D eigenvalue weighted by molar-refractivity contribution is 0.762. The number of hydrogen-bond donors (Lipinski definition) is 0.